The normalized spacial score (nSPS) is 17.7. The SMILES string of the molecule is COc1ccc(-c2cc3ncn(C[C@@H](O)COC[C@@H]4CCCO4)c(=O)c3s2)cc1. The number of ether oxygens (including phenoxy) is 3. The Hall–Kier alpha value is -2.26. The van der Waals surface area contributed by atoms with Crippen LogP contribution in [-0.2, 0) is 16.0 Å². The van der Waals surface area contributed by atoms with Crippen molar-refractivity contribution in [2.24, 2.45) is 0 Å². The highest BCUT2D eigenvalue weighted by molar-refractivity contribution is 7.22. The van der Waals surface area contributed by atoms with E-state index in [-0.39, 0.29) is 24.8 Å². The Morgan fingerprint density at radius 3 is 2.93 bits per heavy atom. The van der Waals surface area contributed by atoms with Crippen LogP contribution in [0.1, 0.15) is 12.8 Å². The lowest BCUT2D eigenvalue weighted by Gasteiger charge is -2.14. The molecule has 0 amide bonds. The lowest BCUT2D eigenvalue weighted by molar-refractivity contribution is -0.0209. The molecule has 0 unspecified atom stereocenters. The lowest BCUT2D eigenvalue weighted by Crippen LogP contribution is -2.30. The van der Waals surface area contributed by atoms with Crippen LogP contribution in [0.2, 0.25) is 0 Å². The number of benzene rings is 1. The van der Waals surface area contributed by atoms with Crippen molar-refractivity contribution < 1.29 is 19.3 Å². The van der Waals surface area contributed by atoms with E-state index in [1.165, 1.54) is 22.2 Å². The molecule has 7 nitrogen and oxygen atoms in total. The second kappa shape index (κ2) is 9.04. The molecule has 29 heavy (non-hydrogen) atoms. The molecule has 0 bridgehead atoms. The second-order valence-electron chi connectivity index (χ2n) is 7.08. The van der Waals surface area contributed by atoms with Crippen molar-refractivity contribution in [2.75, 3.05) is 26.9 Å². The molecule has 154 valence electrons. The molecule has 0 spiro atoms. The van der Waals surface area contributed by atoms with Crippen LogP contribution in [-0.4, -0.2) is 53.8 Å². The van der Waals surface area contributed by atoms with E-state index < -0.39 is 6.10 Å². The Bertz CT molecular complexity index is 1010. The first-order valence-electron chi connectivity index (χ1n) is 9.65. The van der Waals surface area contributed by atoms with Crippen LogP contribution in [0.25, 0.3) is 20.7 Å². The zero-order chi connectivity index (χ0) is 20.2. The molecule has 1 aliphatic heterocycles. The summed E-state index contributed by atoms with van der Waals surface area (Å²) in [4.78, 5) is 18.2. The molecular weight excluding hydrogens is 392 g/mol. The van der Waals surface area contributed by atoms with Crippen molar-refractivity contribution in [3.8, 4) is 16.2 Å². The molecular formula is C21H24N2O5S. The Morgan fingerprint density at radius 2 is 2.21 bits per heavy atom. The highest BCUT2D eigenvalue weighted by atomic mass is 32.1. The third-order valence-electron chi connectivity index (χ3n) is 4.92. The molecule has 2 atom stereocenters. The van der Waals surface area contributed by atoms with Gasteiger partial charge in [0.05, 0.1) is 50.9 Å². The van der Waals surface area contributed by atoms with Gasteiger partial charge in [-0.3, -0.25) is 9.36 Å². The highest BCUT2D eigenvalue weighted by Crippen LogP contribution is 2.31. The smallest absolute Gasteiger partial charge is 0.271 e. The summed E-state index contributed by atoms with van der Waals surface area (Å²) in [5, 5.41) is 10.2. The Morgan fingerprint density at radius 1 is 1.38 bits per heavy atom. The van der Waals surface area contributed by atoms with Crippen molar-refractivity contribution in [3.63, 3.8) is 0 Å². The van der Waals surface area contributed by atoms with E-state index in [1.54, 1.807) is 7.11 Å². The average molecular weight is 416 g/mol. The van der Waals surface area contributed by atoms with Crippen molar-refractivity contribution in [2.45, 2.75) is 31.6 Å². The number of thiophene rings is 1. The van der Waals surface area contributed by atoms with E-state index in [1.807, 2.05) is 30.3 Å². The van der Waals surface area contributed by atoms with Crippen LogP contribution in [0.15, 0.2) is 41.5 Å². The molecule has 8 heteroatoms. The van der Waals surface area contributed by atoms with Crippen molar-refractivity contribution >= 4 is 21.6 Å². The standard InChI is InChI=1S/C21H24N2O5S/c1-26-16-6-4-14(5-7-16)19-9-18-20(29-19)21(25)23(13-22-18)10-15(24)11-27-12-17-3-2-8-28-17/h4-7,9,13,15,17,24H,2-3,8,10-12H2,1H3/t15-,17+/m1/s1. The van der Waals surface area contributed by atoms with E-state index >= 15 is 0 Å². The first-order valence-corrected chi connectivity index (χ1v) is 10.5. The zero-order valence-corrected chi connectivity index (χ0v) is 17.1. The quantitative estimate of drug-likeness (QED) is 0.608. The summed E-state index contributed by atoms with van der Waals surface area (Å²) >= 11 is 1.40. The maximum absolute atomic E-state index is 12.8. The second-order valence-corrected chi connectivity index (χ2v) is 8.13. The fourth-order valence-corrected chi connectivity index (χ4v) is 4.43. The number of aliphatic hydroxyl groups is 1. The van der Waals surface area contributed by atoms with Crippen LogP contribution < -0.4 is 10.3 Å². The van der Waals surface area contributed by atoms with E-state index in [0.29, 0.717) is 16.8 Å². The summed E-state index contributed by atoms with van der Waals surface area (Å²) in [6, 6.07) is 9.60. The number of methoxy groups -OCH3 is 1. The molecule has 1 fully saturated rings. The summed E-state index contributed by atoms with van der Waals surface area (Å²) < 4.78 is 18.2. The summed E-state index contributed by atoms with van der Waals surface area (Å²) in [5.74, 6) is 0.783. The molecule has 0 aliphatic carbocycles. The van der Waals surface area contributed by atoms with Crippen LogP contribution in [0.4, 0.5) is 0 Å². The van der Waals surface area contributed by atoms with E-state index in [2.05, 4.69) is 4.98 Å². The number of rotatable bonds is 8. The first kappa shape index (κ1) is 20.0. The Balaban J connectivity index is 1.44. The van der Waals surface area contributed by atoms with Gasteiger partial charge in [0.25, 0.3) is 5.56 Å². The predicted molar refractivity (Wildman–Crippen MR) is 112 cm³/mol. The topological polar surface area (TPSA) is 82.8 Å². The minimum absolute atomic E-state index is 0.116. The van der Waals surface area contributed by atoms with Crippen LogP contribution in [0, 0.1) is 0 Å². The van der Waals surface area contributed by atoms with E-state index in [9.17, 15) is 9.90 Å². The molecule has 1 aromatic carbocycles. The molecule has 3 aromatic rings. The number of hydrogen-bond donors (Lipinski definition) is 1. The number of nitrogens with zero attached hydrogens (tertiary/aromatic N) is 2. The van der Waals surface area contributed by atoms with Crippen LogP contribution >= 0.6 is 11.3 Å². The van der Waals surface area contributed by atoms with Gasteiger partial charge in [-0.15, -0.1) is 11.3 Å². The lowest BCUT2D eigenvalue weighted by atomic mass is 10.2. The summed E-state index contributed by atoms with van der Waals surface area (Å²) in [7, 11) is 1.63. The zero-order valence-electron chi connectivity index (χ0n) is 16.2. The largest absolute Gasteiger partial charge is 0.497 e. The minimum Gasteiger partial charge on any atom is -0.497 e. The van der Waals surface area contributed by atoms with Gasteiger partial charge in [0.15, 0.2) is 0 Å². The van der Waals surface area contributed by atoms with Gasteiger partial charge in [-0.25, -0.2) is 4.98 Å². The molecule has 4 rings (SSSR count). The molecule has 0 saturated carbocycles. The van der Waals surface area contributed by atoms with E-state index in [4.69, 9.17) is 14.2 Å². The molecule has 0 radical (unpaired) electrons. The van der Waals surface area contributed by atoms with E-state index in [0.717, 1.165) is 35.6 Å². The maximum Gasteiger partial charge on any atom is 0.271 e. The summed E-state index contributed by atoms with van der Waals surface area (Å²) in [6.07, 6.45) is 2.86. The van der Waals surface area contributed by atoms with Crippen molar-refractivity contribution in [1.82, 2.24) is 9.55 Å². The van der Waals surface area contributed by atoms with Gasteiger partial charge in [0.2, 0.25) is 0 Å². The Labute approximate surface area is 172 Å². The summed E-state index contributed by atoms with van der Waals surface area (Å²) in [6.45, 7) is 1.55. The van der Waals surface area contributed by atoms with Crippen LogP contribution in [0.3, 0.4) is 0 Å². The monoisotopic (exact) mass is 416 g/mol. The van der Waals surface area contributed by atoms with Crippen molar-refractivity contribution in [3.05, 3.63) is 47.0 Å². The molecule has 2 aromatic heterocycles. The highest BCUT2D eigenvalue weighted by Gasteiger charge is 2.17. The fraction of sp³-hybridized carbons (Fsp3) is 0.429. The fourth-order valence-electron chi connectivity index (χ4n) is 3.36. The molecule has 1 saturated heterocycles. The predicted octanol–water partition coefficient (Wildman–Crippen LogP) is 2.69. The third kappa shape index (κ3) is 4.67. The maximum atomic E-state index is 12.8. The van der Waals surface area contributed by atoms with Gasteiger partial charge >= 0.3 is 0 Å². The number of hydrogen-bond acceptors (Lipinski definition) is 7. The number of aromatic nitrogens is 2. The van der Waals surface area contributed by atoms with Crippen molar-refractivity contribution in [1.29, 1.82) is 0 Å². The average Bonchev–Trinajstić information content (AvgIpc) is 3.40. The molecule has 3 heterocycles. The van der Waals surface area contributed by atoms with Crippen LogP contribution in [0.5, 0.6) is 5.75 Å². The molecule has 1 N–H and O–H groups in total. The Kier molecular flexibility index (Phi) is 6.25. The minimum atomic E-state index is -0.783. The van der Waals surface area contributed by atoms with Gasteiger partial charge in [0, 0.05) is 11.5 Å². The number of aliphatic hydroxyl groups excluding tert-OH is 1. The van der Waals surface area contributed by atoms with Gasteiger partial charge in [-0.05, 0) is 48.7 Å². The summed E-state index contributed by atoms with van der Waals surface area (Å²) in [5.41, 5.74) is 1.51. The van der Waals surface area contributed by atoms with Gasteiger partial charge < -0.3 is 19.3 Å². The third-order valence-corrected chi connectivity index (χ3v) is 6.09. The number of fused-ring (bicyclic) bond motifs is 1. The molecule has 1 aliphatic rings. The van der Waals surface area contributed by atoms with Gasteiger partial charge in [-0.1, -0.05) is 0 Å². The van der Waals surface area contributed by atoms with Gasteiger partial charge in [0.1, 0.15) is 10.4 Å². The van der Waals surface area contributed by atoms with Gasteiger partial charge in [-0.2, -0.15) is 0 Å². The first-order chi connectivity index (χ1) is 14.1.